The molecule has 0 aliphatic rings. The third-order valence-corrected chi connectivity index (χ3v) is 4.36. The van der Waals surface area contributed by atoms with Gasteiger partial charge in [-0.05, 0) is 56.2 Å². The van der Waals surface area contributed by atoms with E-state index in [2.05, 4.69) is 4.72 Å². The standard InChI is InChI=1S/C17H21NO5S/c1-10-8-13(21-4)6-7-14(10)23-24(20)18-16-12(3)15(22-5)9-11(2)17(16)19/h6-9,18-19H,1-5H3. The number of ether oxygens (including phenoxy) is 2. The summed E-state index contributed by atoms with van der Waals surface area (Å²) in [4.78, 5) is 0. The molecule has 2 aromatic rings. The van der Waals surface area contributed by atoms with Crippen molar-refractivity contribution >= 4 is 17.0 Å². The second kappa shape index (κ2) is 7.44. The predicted octanol–water partition coefficient (Wildman–Crippen LogP) is 3.40. The second-order valence-electron chi connectivity index (χ2n) is 5.30. The average Bonchev–Trinajstić information content (AvgIpc) is 2.56. The number of benzene rings is 2. The van der Waals surface area contributed by atoms with E-state index >= 15 is 0 Å². The monoisotopic (exact) mass is 351 g/mol. The van der Waals surface area contributed by atoms with Gasteiger partial charge in [0.05, 0.1) is 19.9 Å². The first kappa shape index (κ1) is 17.9. The summed E-state index contributed by atoms with van der Waals surface area (Å²) in [5, 5.41) is 10.2. The van der Waals surface area contributed by atoms with Crippen molar-refractivity contribution in [3.05, 3.63) is 41.0 Å². The Balaban J connectivity index is 2.23. The van der Waals surface area contributed by atoms with Crippen LogP contribution in [-0.4, -0.2) is 23.5 Å². The van der Waals surface area contributed by atoms with Gasteiger partial charge in [-0.1, -0.05) is 0 Å². The van der Waals surface area contributed by atoms with Crippen molar-refractivity contribution in [2.75, 3.05) is 18.9 Å². The first-order chi connectivity index (χ1) is 11.4. The zero-order valence-electron chi connectivity index (χ0n) is 14.3. The van der Waals surface area contributed by atoms with Crippen molar-refractivity contribution in [2.24, 2.45) is 0 Å². The molecule has 0 bridgehead atoms. The highest BCUT2D eigenvalue weighted by atomic mass is 32.2. The van der Waals surface area contributed by atoms with E-state index in [0.717, 1.165) is 5.56 Å². The highest BCUT2D eigenvalue weighted by Gasteiger charge is 2.16. The highest BCUT2D eigenvalue weighted by Crippen LogP contribution is 2.37. The molecule has 0 amide bonds. The SMILES string of the molecule is COc1ccc(OS(=O)Nc2c(C)c(OC)cc(C)c2O)c(C)c1. The molecule has 0 spiro atoms. The van der Waals surface area contributed by atoms with Crippen molar-refractivity contribution in [3.8, 4) is 23.0 Å². The van der Waals surface area contributed by atoms with Crippen molar-refractivity contribution in [1.82, 2.24) is 0 Å². The van der Waals surface area contributed by atoms with E-state index in [1.54, 1.807) is 45.2 Å². The van der Waals surface area contributed by atoms with Crippen LogP contribution in [0.4, 0.5) is 5.69 Å². The van der Waals surface area contributed by atoms with E-state index in [0.29, 0.717) is 34.1 Å². The first-order valence-corrected chi connectivity index (χ1v) is 8.33. The summed E-state index contributed by atoms with van der Waals surface area (Å²) in [6, 6.07) is 6.90. The van der Waals surface area contributed by atoms with Gasteiger partial charge in [0.1, 0.15) is 23.0 Å². The fourth-order valence-electron chi connectivity index (χ4n) is 2.24. The minimum absolute atomic E-state index is 0.0108. The normalized spacial score (nSPS) is 11.7. The number of hydrogen-bond acceptors (Lipinski definition) is 5. The summed E-state index contributed by atoms with van der Waals surface area (Å²) in [6.07, 6.45) is 0. The largest absolute Gasteiger partial charge is 0.505 e. The molecular weight excluding hydrogens is 330 g/mol. The molecule has 6 nitrogen and oxygen atoms in total. The highest BCUT2D eigenvalue weighted by molar-refractivity contribution is 7.82. The Labute approximate surface area is 144 Å². The Morgan fingerprint density at radius 1 is 1.00 bits per heavy atom. The van der Waals surface area contributed by atoms with Crippen LogP contribution in [0.2, 0.25) is 0 Å². The molecule has 2 rings (SSSR count). The van der Waals surface area contributed by atoms with E-state index in [1.165, 1.54) is 7.11 Å². The molecule has 0 radical (unpaired) electrons. The van der Waals surface area contributed by atoms with Crippen LogP contribution in [-0.2, 0) is 11.3 Å². The molecule has 2 N–H and O–H groups in total. The van der Waals surface area contributed by atoms with Gasteiger partial charge in [0.25, 0.3) is 0 Å². The lowest BCUT2D eigenvalue weighted by Gasteiger charge is -2.16. The number of rotatable bonds is 6. The molecule has 7 heteroatoms. The molecule has 24 heavy (non-hydrogen) atoms. The molecule has 1 atom stereocenters. The van der Waals surface area contributed by atoms with Gasteiger partial charge in [-0.3, -0.25) is 4.72 Å². The number of aromatic hydroxyl groups is 1. The lowest BCUT2D eigenvalue weighted by molar-refractivity contribution is 0.409. The number of methoxy groups -OCH3 is 2. The van der Waals surface area contributed by atoms with Crippen LogP contribution >= 0.6 is 0 Å². The minimum atomic E-state index is -1.89. The first-order valence-electron chi connectivity index (χ1n) is 7.26. The number of aryl methyl sites for hydroxylation is 2. The van der Waals surface area contributed by atoms with Crippen LogP contribution in [0.3, 0.4) is 0 Å². The van der Waals surface area contributed by atoms with E-state index in [1.807, 2.05) is 6.92 Å². The van der Waals surface area contributed by atoms with E-state index < -0.39 is 11.3 Å². The van der Waals surface area contributed by atoms with Crippen LogP contribution in [0.15, 0.2) is 24.3 Å². The molecule has 0 saturated carbocycles. The van der Waals surface area contributed by atoms with E-state index in [4.69, 9.17) is 13.7 Å². The number of phenolic OH excluding ortho intramolecular Hbond substituents is 1. The summed E-state index contributed by atoms with van der Waals surface area (Å²) in [7, 11) is 3.11. The third-order valence-electron chi connectivity index (χ3n) is 3.66. The van der Waals surface area contributed by atoms with Gasteiger partial charge in [-0.15, -0.1) is 0 Å². The quantitative estimate of drug-likeness (QED) is 0.780. The number of phenols is 1. The molecule has 0 aliphatic heterocycles. The minimum Gasteiger partial charge on any atom is -0.505 e. The maximum absolute atomic E-state index is 12.3. The van der Waals surface area contributed by atoms with Gasteiger partial charge in [-0.2, -0.15) is 4.21 Å². The van der Waals surface area contributed by atoms with Crippen LogP contribution < -0.4 is 18.4 Å². The molecule has 1 unspecified atom stereocenters. The third kappa shape index (κ3) is 3.73. The van der Waals surface area contributed by atoms with Gasteiger partial charge in [0, 0.05) is 5.56 Å². The lowest BCUT2D eigenvalue weighted by atomic mass is 10.1. The molecule has 0 heterocycles. The Morgan fingerprint density at radius 3 is 2.29 bits per heavy atom. The summed E-state index contributed by atoms with van der Waals surface area (Å²) in [5.41, 5.74) is 2.35. The fourth-order valence-corrected chi connectivity index (χ4v) is 3.04. The molecular formula is C17H21NO5S. The average molecular weight is 351 g/mol. The molecule has 2 aromatic carbocycles. The van der Waals surface area contributed by atoms with Gasteiger partial charge >= 0.3 is 11.3 Å². The molecule has 0 fully saturated rings. The summed E-state index contributed by atoms with van der Waals surface area (Å²) in [6.45, 7) is 5.32. The Morgan fingerprint density at radius 2 is 1.71 bits per heavy atom. The van der Waals surface area contributed by atoms with E-state index in [9.17, 15) is 9.32 Å². The molecule has 0 aromatic heterocycles. The van der Waals surface area contributed by atoms with Crippen molar-refractivity contribution in [2.45, 2.75) is 20.8 Å². The van der Waals surface area contributed by atoms with Crippen molar-refractivity contribution < 1.29 is 23.0 Å². The smallest absolute Gasteiger partial charge is 0.316 e. The zero-order chi connectivity index (χ0) is 17.9. The van der Waals surface area contributed by atoms with E-state index in [-0.39, 0.29) is 5.75 Å². The molecule has 0 aliphatic carbocycles. The number of anilines is 1. The maximum atomic E-state index is 12.3. The molecule has 130 valence electrons. The van der Waals surface area contributed by atoms with Gasteiger partial charge in [0.15, 0.2) is 0 Å². The van der Waals surface area contributed by atoms with Crippen LogP contribution in [0.25, 0.3) is 0 Å². The van der Waals surface area contributed by atoms with Crippen LogP contribution in [0.5, 0.6) is 23.0 Å². The van der Waals surface area contributed by atoms with Gasteiger partial charge < -0.3 is 18.8 Å². The maximum Gasteiger partial charge on any atom is 0.316 e. The van der Waals surface area contributed by atoms with Gasteiger partial charge in [-0.25, -0.2) is 0 Å². The Bertz CT molecular complexity index is 776. The van der Waals surface area contributed by atoms with Crippen LogP contribution in [0, 0.1) is 20.8 Å². The lowest BCUT2D eigenvalue weighted by Crippen LogP contribution is -2.13. The number of hydrogen-bond donors (Lipinski definition) is 2. The van der Waals surface area contributed by atoms with Crippen molar-refractivity contribution in [3.63, 3.8) is 0 Å². The van der Waals surface area contributed by atoms with Crippen LogP contribution in [0.1, 0.15) is 16.7 Å². The Kier molecular flexibility index (Phi) is 5.56. The zero-order valence-corrected chi connectivity index (χ0v) is 15.1. The number of nitrogens with one attached hydrogen (secondary N) is 1. The summed E-state index contributed by atoms with van der Waals surface area (Å²) in [5.74, 6) is 1.75. The summed E-state index contributed by atoms with van der Waals surface area (Å²) < 4.78 is 30.8. The fraction of sp³-hybridized carbons (Fsp3) is 0.294. The van der Waals surface area contributed by atoms with Crippen molar-refractivity contribution in [1.29, 1.82) is 0 Å². The van der Waals surface area contributed by atoms with Gasteiger partial charge in [0.2, 0.25) is 0 Å². The topological polar surface area (TPSA) is 77.0 Å². The predicted molar refractivity (Wildman–Crippen MR) is 94.3 cm³/mol. The Hall–Kier alpha value is -2.41. The molecule has 0 saturated heterocycles. The summed E-state index contributed by atoms with van der Waals surface area (Å²) >= 11 is -1.89. The second-order valence-corrected chi connectivity index (χ2v) is 6.14.